The topological polar surface area (TPSA) is 72.3 Å². The van der Waals surface area contributed by atoms with Gasteiger partial charge in [0.1, 0.15) is 11.4 Å². The van der Waals surface area contributed by atoms with Gasteiger partial charge in [0.05, 0.1) is 7.11 Å². The van der Waals surface area contributed by atoms with Crippen molar-refractivity contribution in [1.82, 2.24) is 25.0 Å². The first kappa shape index (κ1) is 20.4. The van der Waals surface area contributed by atoms with Gasteiger partial charge >= 0.3 is 6.03 Å². The highest BCUT2D eigenvalue weighted by Gasteiger charge is 2.18. The Morgan fingerprint density at radius 1 is 1.17 bits per heavy atom. The Labute approximate surface area is 180 Å². The van der Waals surface area contributed by atoms with Crippen molar-refractivity contribution >= 4 is 17.6 Å². The molecule has 0 radical (unpaired) electrons. The lowest BCUT2D eigenvalue weighted by molar-refractivity contribution is 0.237. The third kappa shape index (κ3) is 4.63. The van der Waals surface area contributed by atoms with E-state index in [4.69, 9.17) is 16.3 Å². The SMILES string of the molecule is COc1cc(Cl)cc(-c2nn(C(=O)NCCN3CCCC3)cc2-c2ccncc2)c1. The van der Waals surface area contributed by atoms with Crippen molar-refractivity contribution in [2.45, 2.75) is 12.8 Å². The van der Waals surface area contributed by atoms with Crippen LogP contribution in [-0.4, -0.2) is 59.0 Å². The van der Waals surface area contributed by atoms with Gasteiger partial charge in [0.15, 0.2) is 0 Å². The summed E-state index contributed by atoms with van der Waals surface area (Å²) in [4.78, 5) is 19.2. The molecule has 30 heavy (non-hydrogen) atoms. The molecule has 1 N–H and O–H groups in total. The Bertz CT molecular complexity index is 1020. The average molecular weight is 426 g/mol. The van der Waals surface area contributed by atoms with Gasteiger partial charge in [0, 0.05) is 47.8 Å². The summed E-state index contributed by atoms with van der Waals surface area (Å²) in [6.45, 7) is 3.64. The van der Waals surface area contributed by atoms with E-state index in [1.807, 2.05) is 24.3 Å². The summed E-state index contributed by atoms with van der Waals surface area (Å²) in [5.41, 5.74) is 3.15. The quantitative estimate of drug-likeness (QED) is 0.647. The highest BCUT2D eigenvalue weighted by molar-refractivity contribution is 6.31. The molecule has 0 spiro atoms. The summed E-state index contributed by atoms with van der Waals surface area (Å²) in [7, 11) is 1.59. The molecule has 1 aliphatic heterocycles. The fourth-order valence-electron chi connectivity index (χ4n) is 3.66. The third-order valence-electron chi connectivity index (χ3n) is 5.20. The van der Waals surface area contributed by atoms with E-state index in [1.54, 1.807) is 31.8 Å². The Kier molecular flexibility index (Phi) is 6.30. The number of benzene rings is 1. The Morgan fingerprint density at radius 3 is 2.67 bits per heavy atom. The minimum Gasteiger partial charge on any atom is -0.497 e. The lowest BCUT2D eigenvalue weighted by Gasteiger charge is -2.14. The number of carbonyl (C=O) groups is 1. The molecule has 2 aromatic heterocycles. The van der Waals surface area contributed by atoms with E-state index in [1.165, 1.54) is 17.5 Å². The zero-order valence-corrected chi connectivity index (χ0v) is 17.6. The van der Waals surface area contributed by atoms with Crippen molar-refractivity contribution in [1.29, 1.82) is 0 Å². The van der Waals surface area contributed by atoms with Crippen LogP contribution in [0.2, 0.25) is 5.02 Å². The number of likely N-dealkylation sites (tertiary alicyclic amines) is 1. The van der Waals surface area contributed by atoms with E-state index in [-0.39, 0.29) is 6.03 Å². The van der Waals surface area contributed by atoms with Crippen LogP contribution in [0.5, 0.6) is 5.75 Å². The van der Waals surface area contributed by atoms with E-state index < -0.39 is 0 Å². The van der Waals surface area contributed by atoms with E-state index in [2.05, 4.69) is 20.3 Å². The molecule has 0 atom stereocenters. The summed E-state index contributed by atoms with van der Waals surface area (Å²) in [5.74, 6) is 0.628. The molecule has 3 heterocycles. The van der Waals surface area contributed by atoms with Crippen molar-refractivity contribution < 1.29 is 9.53 Å². The van der Waals surface area contributed by atoms with Crippen LogP contribution in [0.25, 0.3) is 22.4 Å². The third-order valence-corrected chi connectivity index (χ3v) is 5.42. The van der Waals surface area contributed by atoms with Crippen molar-refractivity contribution in [3.05, 3.63) is 53.9 Å². The van der Waals surface area contributed by atoms with Crippen molar-refractivity contribution in [2.24, 2.45) is 0 Å². The molecule has 0 saturated carbocycles. The van der Waals surface area contributed by atoms with E-state index in [9.17, 15) is 4.79 Å². The minimum absolute atomic E-state index is 0.259. The molecule has 4 rings (SSSR count). The number of carbonyl (C=O) groups excluding carboxylic acids is 1. The number of rotatable bonds is 6. The first-order valence-corrected chi connectivity index (χ1v) is 10.4. The molecule has 1 amide bonds. The number of nitrogens with one attached hydrogen (secondary N) is 1. The predicted molar refractivity (Wildman–Crippen MR) is 117 cm³/mol. The molecule has 1 aromatic carbocycles. The standard InChI is InChI=1S/C22H24ClN5O2/c1-30-19-13-17(12-18(23)14-19)21-20(16-4-6-24-7-5-16)15-28(26-21)22(29)25-8-11-27-9-2-3-10-27/h4-7,12-15H,2-3,8-11H2,1H3,(H,25,29). The number of ether oxygens (including phenoxy) is 1. The van der Waals surface area contributed by atoms with Crippen LogP contribution in [-0.2, 0) is 0 Å². The number of hydrogen-bond donors (Lipinski definition) is 1. The summed E-state index contributed by atoms with van der Waals surface area (Å²) in [6.07, 6.45) is 7.63. The molecule has 0 bridgehead atoms. The maximum atomic E-state index is 12.7. The highest BCUT2D eigenvalue weighted by Crippen LogP contribution is 2.34. The van der Waals surface area contributed by atoms with Gasteiger partial charge in [-0.1, -0.05) is 11.6 Å². The average Bonchev–Trinajstić information content (AvgIpc) is 3.44. The van der Waals surface area contributed by atoms with E-state index in [0.717, 1.165) is 36.3 Å². The zero-order valence-electron chi connectivity index (χ0n) is 16.8. The number of amides is 1. The molecular weight excluding hydrogens is 402 g/mol. The van der Waals surface area contributed by atoms with Crippen LogP contribution in [0.1, 0.15) is 12.8 Å². The highest BCUT2D eigenvalue weighted by atomic mass is 35.5. The normalized spacial score (nSPS) is 14.1. The second-order valence-corrected chi connectivity index (χ2v) is 7.67. The van der Waals surface area contributed by atoms with Gasteiger partial charge in [0.25, 0.3) is 0 Å². The lowest BCUT2D eigenvalue weighted by Crippen LogP contribution is -2.36. The summed E-state index contributed by atoms with van der Waals surface area (Å²) < 4.78 is 6.70. The molecular formula is C22H24ClN5O2. The van der Waals surface area contributed by atoms with Crippen molar-refractivity contribution in [2.75, 3.05) is 33.3 Å². The summed E-state index contributed by atoms with van der Waals surface area (Å²) in [5, 5.41) is 8.08. The molecule has 156 valence electrons. The summed E-state index contributed by atoms with van der Waals surface area (Å²) >= 11 is 6.27. The fourth-order valence-corrected chi connectivity index (χ4v) is 3.88. The number of aromatic nitrogens is 3. The fraction of sp³-hybridized carbons (Fsp3) is 0.318. The molecule has 0 unspecified atom stereocenters. The molecule has 1 fully saturated rings. The maximum Gasteiger partial charge on any atom is 0.342 e. The Balaban J connectivity index is 1.62. The monoisotopic (exact) mass is 425 g/mol. The molecule has 1 aliphatic rings. The van der Waals surface area contributed by atoms with Crippen LogP contribution in [0.4, 0.5) is 4.79 Å². The first-order chi connectivity index (χ1) is 14.6. The summed E-state index contributed by atoms with van der Waals surface area (Å²) in [6, 6.07) is 8.92. The number of pyridine rings is 1. The van der Waals surface area contributed by atoms with Gasteiger partial charge in [-0.25, -0.2) is 4.79 Å². The van der Waals surface area contributed by atoms with Gasteiger partial charge in [-0.15, -0.1) is 0 Å². The lowest BCUT2D eigenvalue weighted by atomic mass is 10.0. The first-order valence-electron chi connectivity index (χ1n) is 9.99. The molecule has 1 saturated heterocycles. The maximum absolute atomic E-state index is 12.7. The number of hydrogen-bond acceptors (Lipinski definition) is 5. The van der Waals surface area contributed by atoms with E-state index >= 15 is 0 Å². The van der Waals surface area contributed by atoms with Gasteiger partial charge in [-0.05, 0) is 61.8 Å². The molecule has 3 aromatic rings. The largest absolute Gasteiger partial charge is 0.497 e. The minimum atomic E-state index is -0.259. The molecule has 0 aliphatic carbocycles. The Hall–Kier alpha value is -2.90. The van der Waals surface area contributed by atoms with Crippen LogP contribution < -0.4 is 10.1 Å². The van der Waals surface area contributed by atoms with Crippen molar-refractivity contribution in [3.63, 3.8) is 0 Å². The number of nitrogens with zero attached hydrogens (tertiary/aromatic N) is 4. The van der Waals surface area contributed by atoms with Gasteiger partial charge in [0.2, 0.25) is 0 Å². The van der Waals surface area contributed by atoms with Gasteiger partial charge in [-0.3, -0.25) is 4.98 Å². The second kappa shape index (κ2) is 9.28. The van der Waals surface area contributed by atoms with E-state index in [0.29, 0.717) is 23.0 Å². The second-order valence-electron chi connectivity index (χ2n) is 7.23. The number of halogens is 1. The van der Waals surface area contributed by atoms with Crippen molar-refractivity contribution in [3.8, 4) is 28.1 Å². The van der Waals surface area contributed by atoms with Crippen LogP contribution >= 0.6 is 11.6 Å². The number of methoxy groups -OCH3 is 1. The van der Waals surface area contributed by atoms with Crippen LogP contribution in [0, 0.1) is 0 Å². The molecule has 7 nitrogen and oxygen atoms in total. The predicted octanol–water partition coefficient (Wildman–Crippen LogP) is 3.93. The Morgan fingerprint density at radius 2 is 1.93 bits per heavy atom. The molecule has 8 heteroatoms. The smallest absolute Gasteiger partial charge is 0.342 e. The van der Waals surface area contributed by atoms with Crippen LogP contribution in [0.3, 0.4) is 0 Å². The zero-order chi connectivity index (χ0) is 20.9. The van der Waals surface area contributed by atoms with Gasteiger partial charge < -0.3 is 15.0 Å². The van der Waals surface area contributed by atoms with Crippen LogP contribution in [0.15, 0.2) is 48.9 Å². The van der Waals surface area contributed by atoms with Gasteiger partial charge in [-0.2, -0.15) is 9.78 Å².